The standard InChI is InChI=1S/C19H26N6O2/c1-22(2)16-7-5-6-14(10-16)18(26)20-12-15-11-17-13-24(19(27)23(3)4)8-9-25(17)21-15/h5-7,10-11H,8-9,12-13H2,1-4H3,(H,20,26). The molecule has 1 aromatic heterocycles. The highest BCUT2D eigenvalue weighted by Crippen LogP contribution is 2.16. The quantitative estimate of drug-likeness (QED) is 0.882. The first-order valence-electron chi connectivity index (χ1n) is 8.92. The molecule has 8 nitrogen and oxygen atoms in total. The number of carbonyl (C=O) groups is 2. The summed E-state index contributed by atoms with van der Waals surface area (Å²) in [6.45, 7) is 2.18. The Bertz CT molecular complexity index is 842. The van der Waals surface area contributed by atoms with Crippen LogP contribution in [0.15, 0.2) is 30.3 Å². The number of amides is 3. The molecule has 3 rings (SSSR count). The van der Waals surface area contributed by atoms with E-state index >= 15 is 0 Å². The number of aromatic nitrogens is 2. The van der Waals surface area contributed by atoms with Crippen molar-refractivity contribution < 1.29 is 9.59 Å². The van der Waals surface area contributed by atoms with Gasteiger partial charge in [-0.25, -0.2) is 4.79 Å². The van der Waals surface area contributed by atoms with Crippen molar-refractivity contribution in [2.45, 2.75) is 19.6 Å². The molecule has 0 aliphatic carbocycles. The van der Waals surface area contributed by atoms with Crippen LogP contribution in [0, 0.1) is 0 Å². The van der Waals surface area contributed by atoms with Crippen LogP contribution < -0.4 is 10.2 Å². The summed E-state index contributed by atoms with van der Waals surface area (Å²) in [5.41, 5.74) is 3.37. The van der Waals surface area contributed by atoms with Crippen molar-refractivity contribution in [3.63, 3.8) is 0 Å². The maximum atomic E-state index is 12.4. The van der Waals surface area contributed by atoms with Gasteiger partial charge in [0.25, 0.3) is 5.91 Å². The number of urea groups is 1. The molecule has 3 amide bonds. The third-order valence-electron chi connectivity index (χ3n) is 4.56. The van der Waals surface area contributed by atoms with E-state index in [1.165, 1.54) is 0 Å². The molecule has 8 heteroatoms. The monoisotopic (exact) mass is 370 g/mol. The maximum Gasteiger partial charge on any atom is 0.319 e. The summed E-state index contributed by atoms with van der Waals surface area (Å²) >= 11 is 0. The highest BCUT2D eigenvalue weighted by molar-refractivity contribution is 5.95. The molecule has 1 aromatic carbocycles. The Morgan fingerprint density at radius 2 is 1.93 bits per heavy atom. The molecular weight excluding hydrogens is 344 g/mol. The van der Waals surface area contributed by atoms with Crippen molar-refractivity contribution in [2.24, 2.45) is 0 Å². The van der Waals surface area contributed by atoms with Gasteiger partial charge in [0.15, 0.2) is 0 Å². The summed E-state index contributed by atoms with van der Waals surface area (Å²) in [6, 6.07) is 9.43. The lowest BCUT2D eigenvalue weighted by Gasteiger charge is -2.29. The number of nitrogens with zero attached hydrogens (tertiary/aromatic N) is 5. The van der Waals surface area contributed by atoms with Crippen LogP contribution in [0.5, 0.6) is 0 Å². The molecule has 0 saturated heterocycles. The maximum absolute atomic E-state index is 12.4. The number of rotatable bonds is 4. The molecule has 0 bridgehead atoms. The number of nitrogens with one attached hydrogen (secondary N) is 1. The fourth-order valence-corrected chi connectivity index (χ4v) is 3.06. The molecule has 0 fully saturated rings. The highest BCUT2D eigenvalue weighted by Gasteiger charge is 2.23. The zero-order valence-corrected chi connectivity index (χ0v) is 16.3. The number of anilines is 1. The fourth-order valence-electron chi connectivity index (χ4n) is 3.06. The van der Waals surface area contributed by atoms with Crippen molar-refractivity contribution in [2.75, 3.05) is 39.6 Å². The SMILES string of the molecule is CN(C)C(=O)N1CCn2nc(CNC(=O)c3cccc(N(C)C)c3)cc2C1. The van der Waals surface area contributed by atoms with Crippen LogP contribution in [0.2, 0.25) is 0 Å². The van der Waals surface area contributed by atoms with Crippen LogP contribution >= 0.6 is 0 Å². The van der Waals surface area contributed by atoms with E-state index in [2.05, 4.69) is 10.4 Å². The van der Waals surface area contributed by atoms with Crippen molar-refractivity contribution in [3.8, 4) is 0 Å². The summed E-state index contributed by atoms with van der Waals surface area (Å²) in [6.07, 6.45) is 0. The van der Waals surface area contributed by atoms with E-state index in [-0.39, 0.29) is 11.9 Å². The third-order valence-corrected chi connectivity index (χ3v) is 4.56. The van der Waals surface area contributed by atoms with Crippen molar-refractivity contribution >= 4 is 17.6 Å². The highest BCUT2D eigenvalue weighted by atomic mass is 16.2. The van der Waals surface area contributed by atoms with Gasteiger partial charge in [0.2, 0.25) is 0 Å². The average molecular weight is 370 g/mol. The topological polar surface area (TPSA) is 73.7 Å². The lowest BCUT2D eigenvalue weighted by molar-refractivity contribution is 0.0950. The van der Waals surface area contributed by atoms with Gasteiger partial charge in [0.1, 0.15) is 0 Å². The fraction of sp³-hybridized carbons (Fsp3) is 0.421. The summed E-state index contributed by atoms with van der Waals surface area (Å²) in [5.74, 6) is -0.130. The second-order valence-corrected chi connectivity index (χ2v) is 7.08. The second-order valence-electron chi connectivity index (χ2n) is 7.08. The minimum Gasteiger partial charge on any atom is -0.378 e. The zero-order valence-electron chi connectivity index (χ0n) is 16.3. The molecular formula is C19H26N6O2. The van der Waals surface area contributed by atoms with Gasteiger partial charge >= 0.3 is 6.03 Å². The first-order chi connectivity index (χ1) is 12.8. The van der Waals surface area contributed by atoms with Gasteiger partial charge in [0, 0.05) is 46.0 Å². The Morgan fingerprint density at radius 1 is 1.15 bits per heavy atom. The zero-order chi connectivity index (χ0) is 19.6. The Hall–Kier alpha value is -3.03. The average Bonchev–Trinajstić information content (AvgIpc) is 3.07. The smallest absolute Gasteiger partial charge is 0.319 e. The summed E-state index contributed by atoms with van der Waals surface area (Å²) in [5, 5.41) is 7.46. The molecule has 0 radical (unpaired) electrons. The van der Waals surface area contributed by atoms with Crippen molar-refractivity contribution in [3.05, 3.63) is 47.3 Å². The molecule has 2 heterocycles. The Kier molecular flexibility index (Phi) is 5.34. The van der Waals surface area contributed by atoms with Gasteiger partial charge in [-0.3, -0.25) is 9.48 Å². The normalized spacial score (nSPS) is 13.1. The summed E-state index contributed by atoms with van der Waals surface area (Å²) in [7, 11) is 7.38. The number of benzene rings is 1. The number of hydrogen-bond donors (Lipinski definition) is 1. The molecule has 1 aliphatic rings. The molecule has 1 N–H and O–H groups in total. The first kappa shape index (κ1) is 18.8. The van der Waals surface area contributed by atoms with Crippen LogP contribution in [-0.2, 0) is 19.6 Å². The van der Waals surface area contributed by atoms with Crippen molar-refractivity contribution in [1.82, 2.24) is 24.9 Å². The molecule has 0 atom stereocenters. The van der Waals surface area contributed by atoms with E-state index < -0.39 is 0 Å². The molecule has 1 aliphatic heterocycles. The number of carbonyl (C=O) groups excluding carboxylic acids is 2. The molecule has 144 valence electrons. The minimum absolute atomic E-state index is 0.00178. The summed E-state index contributed by atoms with van der Waals surface area (Å²) in [4.78, 5) is 29.9. The predicted octanol–water partition coefficient (Wildman–Crippen LogP) is 1.38. The minimum atomic E-state index is -0.130. The Labute approximate surface area is 159 Å². The van der Waals surface area contributed by atoms with Gasteiger partial charge in [-0.15, -0.1) is 0 Å². The Balaban J connectivity index is 1.62. The van der Waals surface area contributed by atoms with Crippen LogP contribution in [-0.4, -0.2) is 66.3 Å². The van der Waals surface area contributed by atoms with E-state index in [1.54, 1.807) is 30.0 Å². The first-order valence-corrected chi connectivity index (χ1v) is 8.92. The molecule has 2 aromatic rings. The van der Waals surface area contributed by atoms with Crippen LogP contribution in [0.3, 0.4) is 0 Å². The van der Waals surface area contributed by atoms with Gasteiger partial charge in [-0.2, -0.15) is 5.10 Å². The molecule has 27 heavy (non-hydrogen) atoms. The van der Waals surface area contributed by atoms with Gasteiger partial charge in [0.05, 0.1) is 31.0 Å². The van der Waals surface area contributed by atoms with Crippen LogP contribution in [0.4, 0.5) is 10.5 Å². The summed E-state index contributed by atoms with van der Waals surface area (Å²) < 4.78 is 1.91. The second kappa shape index (κ2) is 7.69. The number of fused-ring (bicyclic) bond motifs is 1. The Morgan fingerprint density at radius 3 is 2.63 bits per heavy atom. The third kappa shape index (κ3) is 4.21. The lowest BCUT2D eigenvalue weighted by Crippen LogP contribution is -2.43. The van der Waals surface area contributed by atoms with Crippen molar-refractivity contribution in [1.29, 1.82) is 0 Å². The van der Waals surface area contributed by atoms with Gasteiger partial charge in [-0.05, 0) is 24.3 Å². The number of hydrogen-bond acceptors (Lipinski definition) is 4. The molecule has 0 unspecified atom stereocenters. The predicted molar refractivity (Wildman–Crippen MR) is 104 cm³/mol. The van der Waals surface area contributed by atoms with Crippen LogP contribution in [0.25, 0.3) is 0 Å². The molecule has 0 saturated carbocycles. The van der Waals surface area contributed by atoms with Gasteiger partial charge < -0.3 is 20.0 Å². The van der Waals surface area contributed by atoms with E-state index in [9.17, 15) is 9.59 Å². The van der Waals surface area contributed by atoms with E-state index in [4.69, 9.17) is 0 Å². The van der Waals surface area contributed by atoms with E-state index in [0.29, 0.717) is 31.7 Å². The van der Waals surface area contributed by atoms with Gasteiger partial charge in [-0.1, -0.05) is 6.07 Å². The largest absolute Gasteiger partial charge is 0.378 e. The lowest BCUT2D eigenvalue weighted by atomic mass is 10.2. The molecule has 0 spiro atoms. The van der Waals surface area contributed by atoms with E-state index in [0.717, 1.165) is 17.1 Å². The van der Waals surface area contributed by atoms with Crippen LogP contribution in [0.1, 0.15) is 21.7 Å². The van der Waals surface area contributed by atoms with E-state index in [1.807, 2.05) is 47.9 Å².